The van der Waals surface area contributed by atoms with Crippen molar-refractivity contribution < 1.29 is 0 Å². The molecule has 0 saturated carbocycles. The molecule has 4 rings (SSSR count). The molecule has 0 radical (unpaired) electrons. The van der Waals surface area contributed by atoms with Crippen molar-refractivity contribution in [2.75, 3.05) is 31.1 Å². The third-order valence-corrected chi connectivity index (χ3v) is 5.06. The molecule has 0 bridgehead atoms. The largest absolute Gasteiger partial charge is 0.370 e. The van der Waals surface area contributed by atoms with Gasteiger partial charge in [0.25, 0.3) is 0 Å². The number of rotatable bonds is 4. The van der Waals surface area contributed by atoms with Gasteiger partial charge in [-0.05, 0) is 42.0 Å². The van der Waals surface area contributed by atoms with Crippen molar-refractivity contribution in [3.05, 3.63) is 71.8 Å². The highest BCUT2D eigenvalue weighted by Gasteiger charge is 2.18. The van der Waals surface area contributed by atoms with Crippen molar-refractivity contribution in [3.63, 3.8) is 0 Å². The van der Waals surface area contributed by atoms with Gasteiger partial charge in [-0.25, -0.2) is 14.7 Å². The second-order valence-corrected chi connectivity index (χ2v) is 7.07. The fourth-order valence-electron chi connectivity index (χ4n) is 3.26. The molecule has 1 fully saturated rings. The molecule has 0 atom stereocenters. The number of hydrogen-bond acceptors (Lipinski definition) is 4. The van der Waals surface area contributed by atoms with Crippen LogP contribution in [0.2, 0.25) is 5.02 Å². The van der Waals surface area contributed by atoms with Gasteiger partial charge >= 0.3 is 0 Å². The van der Waals surface area contributed by atoms with Crippen molar-refractivity contribution in [1.29, 1.82) is 0 Å². The first kappa shape index (κ1) is 21.4. The SMILES string of the molecule is I.NC(=NCc1cccc(-n2cncn2)c1)N1CCN(c2ccc(Cl)cc2)CC1. The topological polar surface area (TPSA) is 75.6 Å². The van der Waals surface area contributed by atoms with E-state index in [1.165, 1.54) is 12.0 Å². The Labute approximate surface area is 192 Å². The Morgan fingerprint density at radius 2 is 1.79 bits per heavy atom. The van der Waals surface area contributed by atoms with Crippen LogP contribution in [0.3, 0.4) is 0 Å². The number of aromatic nitrogens is 3. The molecule has 2 N–H and O–H groups in total. The molecular formula is C20H23ClIN7. The van der Waals surface area contributed by atoms with E-state index in [-0.39, 0.29) is 24.0 Å². The highest BCUT2D eigenvalue weighted by Crippen LogP contribution is 2.19. The van der Waals surface area contributed by atoms with E-state index in [2.05, 4.69) is 37.0 Å². The Balaban J connectivity index is 0.00000240. The highest BCUT2D eigenvalue weighted by molar-refractivity contribution is 14.0. The molecule has 2 heterocycles. The number of piperazine rings is 1. The molecule has 7 nitrogen and oxygen atoms in total. The van der Waals surface area contributed by atoms with E-state index in [0.717, 1.165) is 42.5 Å². The maximum atomic E-state index is 6.25. The minimum Gasteiger partial charge on any atom is -0.370 e. The first-order valence-electron chi connectivity index (χ1n) is 9.18. The van der Waals surface area contributed by atoms with Gasteiger partial charge in [0.2, 0.25) is 0 Å². The predicted octanol–water partition coefficient (Wildman–Crippen LogP) is 3.18. The summed E-state index contributed by atoms with van der Waals surface area (Å²) in [4.78, 5) is 13.0. The van der Waals surface area contributed by atoms with Crippen LogP contribution in [0.4, 0.5) is 5.69 Å². The molecule has 1 aromatic heterocycles. The van der Waals surface area contributed by atoms with Crippen molar-refractivity contribution in [1.82, 2.24) is 19.7 Å². The summed E-state index contributed by atoms with van der Waals surface area (Å²) in [6.07, 6.45) is 3.20. The molecular weight excluding hydrogens is 501 g/mol. The third kappa shape index (κ3) is 5.39. The zero-order valence-corrected chi connectivity index (χ0v) is 18.9. The smallest absolute Gasteiger partial charge is 0.191 e. The minimum absolute atomic E-state index is 0. The number of halogens is 2. The Kier molecular flexibility index (Phi) is 7.32. The molecule has 3 aromatic rings. The van der Waals surface area contributed by atoms with E-state index in [1.807, 2.05) is 36.4 Å². The van der Waals surface area contributed by atoms with Gasteiger partial charge < -0.3 is 15.5 Å². The second-order valence-electron chi connectivity index (χ2n) is 6.63. The van der Waals surface area contributed by atoms with Crippen LogP contribution in [-0.4, -0.2) is 51.8 Å². The quantitative estimate of drug-likeness (QED) is 0.323. The van der Waals surface area contributed by atoms with E-state index in [9.17, 15) is 0 Å². The van der Waals surface area contributed by atoms with Gasteiger partial charge in [0.15, 0.2) is 5.96 Å². The van der Waals surface area contributed by atoms with Crippen molar-refractivity contribution in [2.45, 2.75) is 6.54 Å². The number of benzene rings is 2. The highest BCUT2D eigenvalue weighted by atomic mass is 127. The summed E-state index contributed by atoms with van der Waals surface area (Å²) in [7, 11) is 0. The lowest BCUT2D eigenvalue weighted by Gasteiger charge is -2.36. The molecule has 0 amide bonds. The van der Waals surface area contributed by atoms with Gasteiger partial charge in [-0.1, -0.05) is 23.7 Å². The number of guanidine groups is 1. The summed E-state index contributed by atoms with van der Waals surface area (Å²) in [6.45, 7) is 4.03. The van der Waals surface area contributed by atoms with Crippen molar-refractivity contribution in [2.24, 2.45) is 10.7 Å². The van der Waals surface area contributed by atoms with E-state index >= 15 is 0 Å². The van der Waals surface area contributed by atoms with Gasteiger partial charge in [0.05, 0.1) is 12.2 Å². The van der Waals surface area contributed by atoms with E-state index in [0.29, 0.717) is 12.5 Å². The van der Waals surface area contributed by atoms with Crippen LogP contribution < -0.4 is 10.6 Å². The normalized spacial score (nSPS) is 14.6. The van der Waals surface area contributed by atoms with Crippen molar-refractivity contribution in [3.8, 4) is 5.69 Å². The predicted molar refractivity (Wildman–Crippen MR) is 127 cm³/mol. The molecule has 1 aliphatic heterocycles. The molecule has 0 aliphatic carbocycles. The molecule has 29 heavy (non-hydrogen) atoms. The first-order valence-corrected chi connectivity index (χ1v) is 9.56. The molecule has 1 saturated heterocycles. The fraction of sp³-hybridized carbons (Fsp3) is 0.250. The van der Waals surface area contributed by atoms with Crippen LogP contribution in [0.5, 0.6) is 0 Å². The molecule has 0 unspecified atom stereocenters. The van der Waals surface area contributed by atoms with Gasteiger partial charge in [-0.2, -0.15) is 5.10 Å². The van der Waals surface area contributed by atoms with Crippen molar-refractivity contribution >= 4 is 47.2 Å². The number of anilines is 1. The zero-order valence-electron chi connectivity index (χ0n) is 15.9. The molecule has 2 aromatic carbocycles. The van der Waals surface area contributed by atoms with Gasteiger partial charge in [0, 0.05) is 36.9 Å². The lowest BCUT2D eigenvalue weighted by atomic mass is 10.2. The lowest BCUT2D eigenvalue weighted by molar-refractivity contribution is 0.380. The van der Waals surface area contributed by atoms with Crippen LogP contribution in [-0.2, 0) is 6.54 Å². The van der Waals surface area contributed by atoms with Crippen LogP contribution >= 0.6 is 35.6 Å². The first-order chi connectivity index (χ1) is 13.7. The lowest BCUT2D eigenvalue weighted by Crippen LogP contribution is -2.51. The maximum Gasteiger partial charge on any atom is 0.191 e. The van der Waals surface area contributed by atoms with Crippen LogP contribution in [0.25, 0.3) is 5.69 Å². The Morgan fingerprint density at radius 1 is 1.03 bits per heavy atom. The Morgan fingerprint density at radius 3 is 2.48 bits per heavy atom. The monoisotopic (exact) mass is 523 g/mol. The van der Waals surface area contributed by atoms with Gasteiger partial charge in [-0.15, -0.1) is 24.0 Å². The standard InChI is InChI=1S/C20H22ClN7.HI/c21-17-4-6-18(7-5-17)26-8-10-27(11-9-26)20(22)24-13-16-2-1-3-19(12-16)28-15-23-14-25-28;/h1-7,12,14-15H,8-11,13H2,(H2,22,24);1H. The summed E-state index contributed by atoms with van der Waals surface area (Å²) in [5, 5.41) is 4.91. The molecule has 1 aliphatic rings. The number of aliphatic imine (C=N–C) groups is 1. The average Bonchev–Trinajstić information content (AvgIpc) is 3.28. The van der Waals surface area contributed by atoms with E-state index in [4.69, 9.17) is 17.3 Å². The third-order valence-electron chi connectivity index (χ3n) is 4.81. The summed E-state index contributed by atoms with van der Waals surface area (Å²) < 4.78 is 1.73. The Hall–Kier alpha value is -2.33. The van der Waals surface area contributed by atoms with Crippen LogP contribution in [0.1, 0.15) is 5.56 Å². The zero-order chi connectivity index (χ0) is 19.3. The summed E-state index contributed by atoms with van der Waals surface area (Å²) in [5.41, 5.74) is 9.47. The second kappa shape index (κ2) is 9.93. The fourth-order valence-corrected chi connectivity index (χ4v) is 3.38. The molecule has 152 valence electrons. The number of nitrogens with zero attached hydrogens (tertiary/aromatic N) is 6. The summed E-state index contributed by atoms with van der Waals surface area (Å²) >= 11 is 5.97. The van der Waals surface area contributed by atoms with E-state index < -0.39 is 0 Å². The van der Waals surface area contributed by atoms with Crippen LogP contribution in [0.15, 0.2) is 66.2 Å². The maximum absolute atomic E-state index is 6.25. The summed E-state index contributed by atoms with van der Waals surface area (Å²) in [5.74, 6) is 0.585. The summed E-state index contributed by atoms with van der Waals surface area (Å²) in [6, 6.07) is 16.0. The van der Waals surface area contributed by atoms with Gasteiger partial charge in [-0.3, -0.25) is 0 Å². The minimum atomic E-state index is 0. The van der Waals surface area contributed by atoms with Gasteiger partial charge in [0.1, 0.15) is 12.7 Å². The number of nitrogens with two attached hydrogens (primary N) is 1. The molecule has 0 spiro atoms. The average molecular weight is 524 g/mol. The van der Waals surface area contributed by atoms with Crippen LogP contribution in [0, 0.1) is 0 Å². The Bertz CT molecular complexity index is 936. The molecule has 9 heteroatoms. The number of hydrogen-bond donors (Lipinski definition) is 1. The van der Waals surface area contributed by atoms with E-state index in [1.54, 1.807) is 11.0 Å².